The van der Waals surface area contributed by atoms with Gasteiger partial charge in [-0.3, -0.25) is 4.79 Å². The van der Waals surface area contributed by atoms with E-state index in [1.165, 1.54) is 19.3 Å². The molecule has 3 rings (SSSR count). The largest absolute Gasteiger partial charge is 0.361 e. The van der Waals surface area contributed by atoms with Crippen LogP contribution in [-0.4, -0.2) is 23.1 Å². The Hall–Kier alpha value is -1.36. The minimum Gasteiger partial charge on any atom is -0.361 e. The number of amides is 1. The highest BCUT2D eigenvalue weighted by Gasteiger charge is 2.31. The van der Waals surface area contributed by atoms with Crippen molar-refractivity contribution in [2.75, 3.05) is 6.54 Å². The Morgan fingerprint density at radius 2 is 1.95 bits per heavy atom. The number of nitrogens with one attached hydrogen (secondary N) is 1. The van der Waals surface area contributed by atoms with Crippen molar-refractivity contribution in [2.45, 2.75) is 76.2 Å². The van der Waals surface area contributed by atoms with Gasteiger partial charge >= 0.3 is 0 Å². The highest BCUT2D eigenvalue weighted by atomic mass is 16.5. The summed E-state index contributed by atoms with van der Waals surface area (Å²) in [5.41, 5.74) is 7.66. The summed E-state index contributed by atoms with van der Waals surface area (Å²) in [6.07, 6.45) is 10.2. The number of aryl methyl sites for hydroxylation is 1. The van der Waals surface area contributed by atoms with Crippen molar-refractivity contribution in [1.82, 2.24) is 10.5 Å². The van der Waals surface area contributed by atoms with Crippen molar-refractivity contribution >= 4 is 5.91 Å². The average Bonchev–Trinajstić information content (AvgIpc) is 3.15. The number of nitrogens with zero attached hydrogens (tertiary/aromatic N) is 1. The molecule has 1 amide bonds. The molecule has 2 fully saturated rings. The molecule has 0 unspecified atom stereocenters. The molecule has 0 radical (unpaired) electrons. The third-order valence-electron chi connectivity index (χ3n) is 5.31. The Morgan fingerprint density at radius 3 is 2.64 bits per heavy atom. The van der Waals surface area contributed by atoms with Gasteiger partial charge in [-0.25, -0.2) is 0 Å². The van der Waals surface area contributed by atoms with Gasteiger partial charge in [-0.15, -0.1) is 0 Å². The van der Waals surface area contributed by atoms with Crippen molar-refractivity contribution in [2.24, 2.45) is 5.73 Å². The molecule has 22 heavy (non-hydrogen) atoms. The van der Waals surface area contributed by atoms with E-state index >= 15 is 0 Å². The maximum Gasteiger partial charge on any atom is 0.256 e. The van der Waals surface area contributed by atoms with E-state index in [2.05, 4.69) is 10.5 Å². The summed E-state index contributed by atoms with van der Waals surface area (Å²) in [4.78, 5) is 12.6. The SMILES string of the molecule is Cc1onc(C2CCCC2)c1C(=O)NCC1(N)CCCCC1. The lowest BCUT2D eigenvalue weighted by Gasteiger charge is -2.33. The van der Waals surface area contributed by atoms with Crippen LogP contribution < -0.4 is 11.1 Å². The number of carbonyl (C=O) groups is 1. The van der Waals surface area contributed by atoms with Gasteiger partial charge in [0.25, 0.3) is 5.91 Å². The van der Waals surface area contributed by atoms with Crippen molar-refractivity contribution in [3.05, 3.63) is 17.0 Å². The van der Waals surface area contributed by atoms with E-state index < -0.39 is 0 Å². The second kappa shape index (κ2) is 6.41. The van der Waals surface area contributed by atoms with E-state index in [0.29, 0.717) is 23.8 Å². The van der Waals surface area contributed by atoms with E-state index in [4.69, 9.17) is 10.3 Å². The molecule has 1 heterocycles. The fraction of sp³-hybridized carbons (Fsp3) is 0.765. The Morgan fingerprint density at radius 1 is 1.27 bits per heavy atom. The maximum absolute atomic E-state index is 12.6. The Balaban J connectivity index is 1.68. The van der Waals surface area contributed by atoms with E-state index in [1.807, 2.05) is 6.92 Å². The second-order valence-corrected chi connectivity index (χ2v) is 7.09. The predicted octanol–water partition coefficient (Wildman–Crippen LogP) is 3.03. The lowest BCUT2D eigenvalue weighted by atomic mass is 9.82. The first-order valence-electron chi connectivity index (χ1n) is 8.62. The zero-order chi connectivity index (χ0) is 15.6. The Kier molecular flexibility index (Phi) is 4.52. The summed E-state index contributed by atoms with van der Waals surface area (Å²) in [7, 11) is 0. The van der Waals surface area contributed by atoms with Gasteiger partial charge in [0, 0.05) is 18.0 Å². The van der Waals surface area contributed by atoms with Crippen molar-refractivity contribution in [1.29, 1.82) is 0 Å². The molecule has 0 spiro atoms. The normalized spacial score (nSPS) is 21.9. The molecule has 0 atom stereocenters. The average molecular weight is 305 g/mol. The topological polar surface area (TPSA) is 81.2 Å². The Labute approximate surface area is 132 Å². The molecule has 0 bridgehead atoms. The Bertz CT molecular complexity index is 526. The minimum atomic E-state index is -0.244. The zero-order valence-electron chi connectivity index (χ0n) is 13.5. The molecule has 2 saturated carbocycles. The quantitative estimate of drug-likeness (QED) is 0.896. The minimum absolute atomic E-state index is 0.0731. The molecular formula is C17H27N3O2. The van der Waals surface area contributed by atoms with Gasteiger partial charge in [-0.1, -0.05) is 37.3 Å². The van der Waals surface area contributed by atoms with Gasteiger partial charge in [-0.05, 0) is 32.6 Å². The van der Waals surface area contributed by atoms with Crippen LogP contribution in [0.5, 0.6) is 0 Å². The lowest BCUT2D eigenvalue weighted by molar-refractivity contribution is 0.0935. The van der Waals surface area contributed by atoms with Gasteiger partial charge in [0.2, 0.25) is 0 Å². The van der Waals surface area contributed by atoms with E-state index in [0.717, 1.165) is 44.2 Å². The van der Waals surface area contributed by atoms with Crippen molar-refractivity contribution in [3.63, 3.8) is 0 Å². The molecule has 0 aromatic carbocycles. The van der Waals surface area contributed by atoms with Crippen LogP contribution in [0.4, 0.5) is 0 Å². The molecule has 0 saturated heterocycles. The van der Waals surface area contributed by atoms with E-state index in [-0.39, 0.29) is 11.4 Å². The van der Waals surface area contributed by atoms with Crippen LogP contribution in [0.1, 0.15) is 85.5 Å². The fourth-order valence-electron chi connectivity index (χ4n) is 3.92. The molecule has 1 aromatic heterocycles. The molecule has 2 aliphatic carbocycles. The molecule has 3 N–H and O–H groups in total. The van der Waals surface area contributed by atoms with Crippen LogP contribution in [0.3, 0.4) is 0 Å². The van der Waals surface area contributed by atoms with Gasteiger partial charge in [0.05, 0.1) is 5.69 Å². The highest BCUT2D eigenvalue weighted by molar-refractivity contribution is 5.96. The van der Waals surface area contributed by atoms with E-state index in [1.54, 1.807) is 0 Å². The lowest BCUT2D eigenvalue weighted by Crippen LogP contribution is -2.51. The summed E-state index contributed by atoms with van der Waals surface area (Å²) >= 11 is 0. The fourth-order valence-corrected chi connectivity index (χ4v) is 3.92. The van der Waals surface area contributed by atoms with Gasteiger partial charge in [0.1, 0.15) is 11.3 Å². The summed E-state index contributed by atoms with van der Waals surface area (Å²) < 4.78 is 5.30. The van der Waals surface area contributed by atoms with Crippen LogP contribution in [-0.2, 0) is 0 Å². The summed E-state index contributed by atoms with van der Waals surface area (Å²) in [6, 6.07) is 0. The summed E-state index contributed by atoms with van der Waals surface area (Å²) in [5, 5.41) is 7.20. The molecule has 5 heteroatoms. The smallest absolute Gasteiger partial charge is 0.256 e. The molecule has 5 nitrogen and oxygen atoms in total. The van der Waals surface area contributed by atoms with Crippen LogP contribution >= 0.6 is 0 Å². The first-order valence-corrected chi connectivity index (χ1v) is 8.62. The van der Waals surface area contributed by atoms with Crippen molar-refractivity contribution in [3.8, 4) is 0 Å². The monoisotopic (exact) mass is 305 g/mol. The summed E-state index contributed by atoms with van der Waals surface area (Å²) in [5.74, 6) is 0.921. The van der Waals surface area contributed by atoms with Crippen LogP contribution in [0, 0.1) is 6.92 Å². The molecular weight excluding hydrogens is 278 g/mol. The van der Waals surface area contributed by atoms with Gasteiger partial charge < -0.3 is 15.6 Å². The molecule has 2 aliphatic rings. The standard InChI is InChI=1S/C17H27N3O2/c1-12-14(15(20-22-12)13-7-3-4-8-13)16(21)19-11-17(18)9-5-2-6-10-17/h13H,2-11,18H2,1H3,(H,19,21). The predicted molar refractivity (Wildman–Crippen MR) is 84.8 cm³/mol. The van der Waals surface area contributed by atoms with Crippen LogP contribution in [0.15, 0.2) is 4.52 Å². The molecule has 0 aliphatic heterocycles. The molecule has 122 valence electrons. The van der Waals surface area contributed by atoms with Crippen LogP contribution in [0.25, 0.3) is 0 Å². The molecule has 1 aromatic rings. The second-order valence-electron chi connectivity index (χ2n) is 7.09. The number of carbonyl (C=O) groups excluding carboxylic acids is 1. The first kappa shape index (κ1) is 15.5. The number of aromatic nitrogens is 1. The highest BCUT2D eigenvalue weighted by Crippen LogP contribution is 2.36. The maximum atomic E-state index is 12.6. The number of hydrogen-bond donors (Lipinski definition) is 2. The number of rotatable bonds is 4. The third-order valence-corrected chi connectivity index (χ3v) is 5.31. The zero-order valence-corrected chi connectivity index (χ0v) is 13.5. The van der Waals surface area contributed by atoms with Crippen LogP contribution in [0.2, 0.25) is 0 Å². The number of nitrogens with two attached hydrogens (primary N) is 1. The summed E-state index contributed by atoms with van der Waals surface area (Å²) in [6.45, 7) is 2.36. The van der Waals surface area contributed by atoms with Gasteiger partial charge in [0.15, 0.2) is 0 Å². The van der Waals surface area contributed by atoms with Gasteiger partial charge in [-0.2, -0.15) is 0 Å². The third kappa shape index (κ3) is 3.19. The van der Waals surface area contributed by atoms with Crippen molar-refractivity contribution < 1.29 is 9.32 Å². The number of hydrogen-bond acceptors (Lipinski definition) is 4. The first-order chi connectivity index (χ1) is 10.6. The van der Waals surface area contributed by atoms with E-state index in [9.17, 15) is 4.79 Å².